The summed E-state index contributed by atoms with van der Waals surface area (Å²) >= 11 is 1.74. The fraction of sp³-hybridized carbons (Fsp3) is 0.500. The number of carboxylic acids is 1. The van der Waals surface area contributed by atoms with Crippen molar-refractivity contribution in [3.63, 3.8) is 0 Å². The SMILES string of the molecule is Cc1ccc(SC2CCCC2)c(C(=O)NC(C)C(=O)O)c1. The number of carbonyl (C=O) groups is 2. The first-order chi connectivity index (χ1) is 9.97. The molecule has 1 unspecified atom stereocenters. The minimum Gasteiger partial charge on any atom is -0.480 e. The maximum absolute atomic E-state index is 12.3. The van der Waals surface area contributed by atoms with Gasteiger partial charge in [-0.25, -0.2) is 0 Å². The van der Waals surface area contributed by atoms with Gasteiger partial charge in [-0.2, -0.15) is 0 Å². The summed E-state index contributed by atoms with van der Waals surface area (Å²) in [4.78, 5) is 24.1. The number of carboxylic acid groups (broad SMARTS) is 1. The molecule has 2 N–H and O–H groups in total. The number of hydrogen-bond donors (Lipinski definition) is 2. The van der Waals surface area contributed by atoms with Crippen LogP contribution in [-0.2, 0) is 4.79 Å². The number of nitrogens with one attached hydrogen (secondary N) is 1. The molecule has 0 spiro atoms. The predicted molar refractivity (Wildman–Crippen MR) is 83.9 cm³/mol. The number of aliphatic carboxylic acids is 1. The van der Waals surface area contributed by atoms with Gasteiger partial charge in [0.25, 0.3) is 5.91 Å². The molecule has 0 saturated heterocycles. The van der Waals surface area contributed by atoms with Crippen molar-refractivity contribution < 1.29 is 14.7 Å². The molecular weight excluding hydrogens is 286 g/mol. The molecule has 1 amide bonds. The molecule has 0 aliphatic heterocycles. The zero-order valence-corrected chi connectivity index (χ0v) is 13.2. The van der Waals surface area contributed by atoms with Crippen molar-refractivity contribution in [2.75, 3.05) is 0 Å². The number of amides is 1. The van der Waals surface area contributed by atoms with E-state index in [9.17, 15) is 9.59 Å². The quantitative estimate of drug-likeness (QED) is 0.876. The third-order valence-electron chi connectivity index (χ3n) is 3.69. The first-order valence-corrected chi connectivity index (χ1v) is 8.16. The van der Waals surface area contributed by atoms with Crippen molar-refractivity contribution >= 4 is 23.6 Å². The van der Waals surface area contributed by atoms with E-state index in [4.69, 9.17) is 5.11 Å². The Kier molecular flexibility index (Phi) is 5.28. The smallest absolute Gasteiger partial charge is 0.325 e. The minimum absolute atomic E-state index is 0.311. The molecule has 1 saturated carbocycles. The molecule has 0 radical (unpaired) electrons. The standard InChI is InChI=1S/C16H21NO3S/c1-10-7-8-14(21-12-5-3-4-6-12)13(9-10)15(18)17-11(2)16(19)20/h7-9,11-12H,3-6H2,1-2H3,(H,17,18)(H,19,20). The van der Waals surface area contributed by atoms with Gasteiger partial charge in [-0.15, -0.1) is 11.8 Å². The molecule has 114 valence electrons. The lowest BCUT2D eigenvalue weighted by molar-refractivity contribution is -0.138. The van der Waals surface area contributed by atoms with Gasteiger partial charge in [0, 0.05) is 10.1 Å². The Bertz CT molecular complexity index is 538. The molecule has 0 bridgehead atoms. The minimum atomic E-state index is -1.03. The Hall–Kier alpha value is -1.49. The summed E-state index contributed by atoms with van der Waals surface area (Å²) < 4.78 is 0. The van der Waals surface area contributed by atoms with Gasteiger partial charge in [-0.3, -0.25) is 9.59 Å². The van der Waals surface area contributed by atoms with E-state index in [2.05, 4.69) is 5.32 Å². The van der Waals surface area contributed by atoms with E-state index in [1.807, 2.05) is 25.1 Å². The topological polar surface area (TPSA) is 66.4 Å². The Labute approximate surface area is 129 Å². The summed E-state index contributed by atoms with van der Waals surface area (Å²) in [6.07, 6.45) is 4.87. The fourth-order valence-corrected chi connectivity index (χ4v) is 3.80. The number of carbonyl (C=O) groups excluding carboxylic acids is 1. The molecule has 2 rings (SSSR count). The first-order valence-electron chi connectivity index (χ1n) is 7.28. The number of aryl methyl sites for hydroxylation is 1. The zero-order chi connectivity index (χ0) is 15.4. The van der Waals surface area contributed by atoms with Crippen LogP contribution in [0.25, 0.3) is 0 Å². The van der Waals surface area contributed by atoms with Crippen LogP contribution in [0.1, 0.15) is 48.5 Å². The normalized spacial score (nSPS) is 16.7. The van der Waals surface area contributed by atoms with Crippen LogP contribution in [0.5, 0.6) is 0 Å². The van der Waals surface area contributed by atoms with Crippen LogP contribution in [0.15, 0.2) is 23.1 Å². The van der Waals surface area contributed by atoms with Gasteiger partial charge in [0.15, 0.2) is 0 Å². The summed E-state index contributed by atoms with van der Waals surface area (Å²) in [6.45, 7) is 3.40. The summed E-state index contributed by atoms with van der Waals surface area (Å²) in [5.74, 6) is -1.34. The van der Waals surface area contributed by atoms with Crippen molar-refractivity contribution in [1.82, 2.24) is 5.32 Å². The lowest BCUT2D eigenvalue weighted by Crippen LogP contribution is -2.38. The first kappa shape index (κ1) is 15.9. The highest BCUT2D eigenvalue weighted by atomic mass is 32.2. The third-order valence-corrected chi connectivity index (χ3v) is 5.11. The van der Waals surface area contributed by atoms with E-state index < -0.39 is 12.0 Å². The van der Waals surface area contributed by atoms with Crippen LogP contribution < -0.4 is 5.32 Å². The molecular formula is C16H21NO3S. The summed E-state index contributed by atoms with van der Waals surface area (Å²) in [6, 6.07) is 4.91. The second-order valence-corrected chi connectivity index (χ2v) is 6.90. The van der Waals surface area contributed by atoms with Crippen molar-refractivity contribution in [2.24, 2.45) is 0 Å². The summed E-state index contributed by atoms with van der Waals surface area (Å²) in [5.41, 5.74) is 1.58. The monoisotopic (exact) mass is 307 g/mol. The molecule has 1 aliphatic carbocycles. The van der Waals surface area contributed by atoms with Crippen molar-refractivity contribution in [3.8, 4) is 0 Å². The molecule has 1 aromatic carbocycles. The Morgan fingerprint density at radius 1 is 1.33 bits per heavy atom. The molecule has 1 aromatic rings. The van der Waals surface area contributed by atoms with Gasteiger partial charge in [-0.05, 0) is 38.8 Å². The molecule has 5 heteroatoms. The van der Waals surface area contributed by atoms with Gasteiger partial charge >= 0.3 is 5.97 Å². The Morgan fingerprint density at radius 3 is 2.62 bits per heavy atom. The van der Waals surface area contributed by atoms with Crippen LogP contribution in [0, 0.1) is 6.92 Å². The molecule has 1 aliphatic rings. The van der Waals surface area contributed by atoms with Crippen molar-refractivity contribution in [3.05, 3.63) is 29.3 Å². The van der Waals surface area contributed by atoms with Crippen LogP contribution in [-0.4, -0.2) is 28.3 Å². The van der Waals surface area contributed by atoms with Crippen LogP contribution >= 0.6 is 11.8 Å². The molecule has 21 heavy (non-hydrogen) atoms. The molecule has 0 aromatic heterocycles. The predicted octanol–water partition coefficient (Wildman–Crippen LogP) is 3.23. The number of rotatable bonds is 5. The number of thioether (sulfide) groups is 1. The lowest BCUT2D eigenvalue weighted by atomic mass is 10.1. The highest BCUT2D eigenvalue weighted by Gasteiger charge is 2.22. The highest BCUT2D eigenvalue weighted by molar-refractivity contribution is 8.00. The van der Waals surface area contributed by atoms with E-state index >= 15 is 0 Å². The Balaban J connectivity index is 2.17. The molecule has 1 fully saturated rings. The van der Waals surface area contributed by atoms with Gasteiger partial charge in [-0.1, -0.05) is 24.5 Å². The second kappa shape index (κ2) is 6.98. The van der Waals surface area contributed by atoms with Gasteiger partial charge in [0.05, 0.1) is 5.56 Å². The van der Waals surface area contributed by atoms with Gasteiger partial charge in [0.2, 0.25) is 0 Å². The van der Waals surface area contributed by atoms with Crippen molar-refractivity contribution in [1.29, 1.82) is 0 Å². The fourth-order valence-electron chi connectivity index (χ4n) is 2.45. The van der Waals surface area contributed by atoms with Crippen molar-refractivity contribution in [2.45, 2.75) is 55.7 Å². The highest BCUT2D eigenvalue weighted by Crippen LogP contribution is 2.36. The second-order valence-electron chi connectivity index (χ2n) is 5.56. The summed E-state index contributed by atoms with van der Waals surface area (Å²) in [5, 5.41) is 12.0. The van der Waals surface area contributed by atoms with E-state index in [1.165, 1.54) is 32.6 Å². The number of benzene rings is 1. The largest absolute Gasteiger partial charge is 0.480 e. The molecule has 4 nitrogen and oxygen atoms in total. The van der Waals surface area contributed by atoms with E-state index in [-0.39, 0.29) is 5.91 Å². The van der Waals surface area contributed by atoms with E-state index in [0.717, 1.165) is 10.5 Å². The van der Waals surface area contributed by atoms with E-state index in [1.54, 1.807) is 11.8 Å². The van der Waals surface area contributed by atoms with Gasteiger partial charge in [0.1, 0.15) is 6.04 Å². The Morgan fingerprint density at radius 2 is 2.00 bits per heavy atom. The van der Waals surface area contributed by atoms with Crippen LogP contribution in [0.3, 0.4) is 0 Å². The molecule has 1 atom stereocenters. The van der Waals surface area contributed by atoms with Gasteiger partial charge < -0.3 is 10.4 Å². The average molecular weight is 307 g/mol. The average Bonchev–Trinajstić information content (AvgIpc) is 2.93. The zero-order valence-electron chi connectivity index (χ0n) is 12.4. The maximum Gasteiger partial charge on any atom is 0.325 e. The van der Waals surface area contributed by atoms with Crippen LogP contribution in [0.4, 0.5) is 0 Å². The third kappa shape index (κ3) is 4.24. The lowest BCUT2D eigenvalue weighted by Gasteiger charge is -2.15. The van der Waals surface area contributed by atoms with Crippen LogP contribution in [0.2, 0.25) is 0 Å². The summed E-state index contributed by atoms with van der Waals surface area (Å²) in [7, 11) is 0. The molecule has 0 heterocycles. The number of hydrogen-bond acceptors (Lipinski definition) is 3. The van der Waals surface area contributed by atoms with E-state index in [0.29, 0.717) is 10.8 Å². The maximum atomic E-state index is 12.3.